The number of ether oxygens (including phenoxy) is 1. The van der Waals surface area contributed by atoms with Crippen molar-refractivity contribution >= 4 is 12.0 Å². The van der Waals surface area contributed by atoms with Crippen LogP contribution in [0.1, 0.15) is 26.2 Å². The van der Waals surface area contributed by atoms with E-state index < -0.39 is 12.0 Å². The Morgan fingerprint density at radius 2 is 1.89 bits per heavy atom. The highest BCUT2D eigenvalue weighted by molar-refractivity contribution is 5.82. The van der Waals surface area contributed by atoms with Crippen LogP contribution in [-0.4, -0.2) is 66.3 Å². The summed E-state index contributed by atoms with van der Waals surface area (Å²) in [6.45, 7) is 3.07. The van der Waals surface area contributed by atoms with Gasteiger partial charge in [0.25, 0.3) is 0 Å². The van der Waals surface area contributed by atoms with E-state index >= 15 is 0 Å². The molecular weight excluding hydrogens is 236 g/mol. The largest absolute Gasteiger partial charge is 0.480 e. The fourth-order valence-electron chi connectivity index (χ4n) is 2.22. The summed E-state index contributed by atoms with van der Waals surface area (Å²) in [6.07, 6.45) is 2.01. The second kappa shape index (κ2) is 6.58. The topological polar surface area (TPSA) is 70.1 Å². The minimum Gasteiger partial charge on any atom is -0.480 e. The zero-order chi connectivity index (χ0) is 13.7. The van der Waals surface area contributed by atoms with Crippen LogP contribution >= 0.6 is 0 Å². The highest BCUT2D eigenvalue weighted by atomic mass is 16.5. The van der Waals surface area contributed by atoms with E-state index in [4.69, 9.17) is 9.84 Å². The third-order valence-corrected chi connectivity index (χ3v) is 3.48. The Morgan fingerprint density at radius 1 is 1.33 bits per heavy atom. The van der Waals surface area contributed by atoms with Gasteiger partial charge >= 0.3 is 12.0 Å². The first kappa shape index (κ1) is 14.8. The van der Waals surface area contributed by atoms with Gasteiger partial charge in [-0.15, -0.1) is 0 Å². The number of carboxylic acid groups (broad SMARTS) is 1. The maximum absolute atomic E-state index is 12.2. The molecule has 0 aromatic heterocycles. The number of hydrogen-bond acceptors (Lipinski definition) is 3. The van der Waals surface area contributed by atoms with Crippen LogP contribution in [0.4, 0.5) is 4.79 Å². The van der Waals surface area contributed by atoms with Gasteiger partial charge in [-0.2, -0.15) is 0 Å². The van der Waals surface area contributed by atoms with E-state index in [2.05, 4.69) is 0 Å². The van der Waals surface area contributed by atoms with Crippen LogP contribution in [0.3, 0.4) is 0 Å². The molecule has 0 aromatic carbocycles. The Bertz CT molecular complexity index is 302. The molecule has 1 rings (SSSR count). The number of urea groups is 1. The quantitative estimate of drug-likeness (QED) is 0.817. The maximum Gasteiger partial charge on any atom is 0.326 e. The van der Waals surface area contributed by atoms with Gasteiger partial charge in [-0.05, 0) is 19.3 Å². The van der Waals surface area contributed by atoms with Crippen LogP contribution in [0.2, 0.25) is 0 Å². The minimum atomic E-state index is -0.964. The van der Waals surface area contributed by atoms with E-state index in [-0.39, 0.29) is 12.1 Å². The molecule has 0 aromatic rings. The molecule has 6 heteroatoms. The fraction of sp³-hybridized carbons (Fsp3) is 0.833. The van der Waals surface area contributed by atoms with Crippen molar-refractivity contribution in [2.75, 3.05) is 27.3 Å². The Hall–Kier alpha value is -1.30. The Labute approximate surface area is 107 Å². The van der Waals surface area contributed by atoms with Crippen molar-refractivity contribution in [1.82, 2.24) is 9.80 Å². The minimum absolute atomic E-state index is 0.139. The highest BCUT2D eigenvalue weighted by Gasteiger charge is 2.30. The summed E-state index contributed by atoms with van der Waals surface area (Å²) in [5.41, 5.74) is 0. The van der Waals surface area contributed by atoms with Gasteiger partial charge in [-0.25, -0.2) is 9.59 Å². The molecule has 1 atom stereocenters. The number of hydrogen-bond donors (Lipinski definition) is 1. The van der Waals surface area contributed by atoms with Gasteiger partial charge < -0.3 is 19.6 Å². The zero-order valence-electron chi connectivity index (χ0n) is 11.3. The fourth-order valence-corrected chi connectivity index (χ4v) is 2.22. The Balaban J connectivity index is 2.63. The van der Waals surface area contributed by atoms with Crippen molar-refractivity contribution in [3.63, 3.8) is 0 Å². The van der Waals surface area contributed by atoms with E-state index in [1.54, 1.807) is 25.9 Å². The van der Waals surface area contributed by atoms with E-state index in [0.717, 1.165) is 12.8 Å². The molecule has 6 nitrogen and oxygen atoms in total. The van der Waals surface area contributed by atoms with Crippen LogP contribution in [0.15, 0.2) is 0 Å². The number of carboxylic acids is 1. The molecule has 0 spiro atoms. The van der Waals surface area contributed by atoms with E-state index in [1.165, 1.54) is 4.90 Å². The number of carbonyl (C=O) groups is 2. The third kappa shape index (κ3) is 3.35. The average molecular weight is 258 g/mol. The van der Waals surface area contributed by atoms with Crippen molar-refractivity contribution in [2.24, 2.45) is 0 Å². The van der Waals surface area contributed by atoms with Gasteiger partial charge in [-0.1, -0.05) is 6.92 Å². The molecule has 1 aliphatic rings. The molecule has 1 unspecified atom stereocenters. The number of likely N-dealkylation sites (N-methyl/N-ethyl adjacent to an activating group) is 1. The summed E-state index contributed by atoms with van der Waals surface area (Å²) < 4.78 is 5.25. The first-order chi connectivity index (χ1) is 8.49. The van der Waals surface area contributed by atoms with Gasteiger partial charge in [0.2, 0.25) is 0 Å². The molecule has 1 heterocycles. The summed E-state index contributed by atoms with van der Waals surface area (Å²) in [7, 11) is 3.27. The molecule has 0 saturated carbocycles. The van der Waals surface area contributed by atoms with Crippen molar-refractivity contribution in [2.45, 2.75) is 38.3 Å². The van der Waals surface area contributed by atoms with Gasteiger partial charge in [0.1, 0.15) is 6.04 Å². The third-order valence-electron chi connectivity index (χ3n) is 3.48. The Morgan fingerprint density at radius 3 is 2.33 bits per heavy atom. The SMILES string of the molecule is CCC(C(=O)O)N(C)C(=O)N(C)C1CCOCC1. The summed E-state index contributed by atoms with van der Waals surface area (Å²) >= 11 is 0. The lowest BCUT2D eigenvalue weighted by Gasteiger charge is -2.35. The Kier molecular flexibility index (Phi) is 5.40. The van der Waals surface area contributed by atoms with E-state index in [9.17, 15) is 9.59 Å². The van der Waals surface area contributed by atoms with Crippen molar-refractivity contribution < 1.29 is 19.4 Å². The van der Waals surface area contributed by atoms with Gasteiger partial charge in [0.15, 0.2) is 0 Å². The van der Waals surface area contributed by atoms with E-state index in [0.29, 0.717) is 19.6 Å². The van der Waals surface area contributed by atoms with E-state index in [1.807, 2.05) is 0 Å². The molecule has 0 aliphatic carbocycles. The molecule has 104 valence electrons. The number of amides is 2. The monoisotopic (exact) mass is 258 g/mol. The smallest absolute Gasteiger partial charge is 0.326 e. The molecule has 1 N–H and O–H groups in total. The lowest BCUT2D eigenvalue weighted by molar-refractivity contribution is -0.142. The summed E-state index contributed by atoms with van der Waals surface area (Å²) in [4.78, 5) is 26.2. The average Bonchev–Trinajstić information content (AvgIpc) is 2.38. The highest BCUT2D eigenvalue weighted by Crippen LogP contribution is 2.15. The molecular formula is C12H22N2O4. The second-order valence-electron chi connectivity index (χ2n) is 4.61. The second-order valence-corrected chi connectivity index (χ2v) is 4.61. The van der Waals surface area contributed by atoms with Crippen LogP contribution < -0.4 is 0 Å². The molecule has 0 bridgehead atoms. The normalized spacial score (nSPS) is 18.2. The molecule has 1 aliphatic heterocycles. The van der Waals surface area contributed by atoms with Gasteiger partial charge in [-0.3, -0.25) is 0 Å². The maximum atomic E-state index is 12.2. The number of aliphatic carboxylic acids is 1. The molecule has 1 saturated heterocycles. The number of nitrogens with zero attached hydrogens (tertiary/aromatic N) is 2. The first-order valence-electron chi connectivity index (χ1n) is 6.29. The van der Waals surface area contributed by atoms with Crippen LogP contribution in [0.5, 0.6) is 0 Å². The first-order valence-corrected chi connectivity index (χ1v) is 6.29. The molecule has 1 fully saturated rings. The number of carbonyl (C=O) groups excluding carboxylic acids is 1. The van der Waals surface area contributed by atoms with Crippen LogP contribution in [-0.2, 0) is 9.53 Å². The molecule has 0 radical (unpaired) electrons. The predicted molar refractivity (Wildman–Crippen MR) is 66.5 cm³/mol. The van der Waals surface area contributed by atoms with Crippen molar-refractivity contribution in [3.05, 3.63) is 0 Å². The van der Waals surface area contributed by atoms with Crippen molar-refractivity contribution in [1.29, 1.82) is 0 Å². The summed E-state index contributed by atoms with van der Waals surface area (Å²) in [5.74, 6) is -0.964. The van der Waals surface area contributed by atoms with Crippen LogP contribution in [0.25, 0.3) is 0 Å². The number of rotatable bonds is 4. The van der Waals surface area contributed by atoms with Gasteiger partial charge in [0, 0.05) is 33.4 Å². The predicted octanol–water partition coefficient (Wildman–Crippen LogP) is 1.01. The summed E-state index contributed by atoms with van der Waals surface area (Å²) in [5, 5.41) is 9.05. The zero-order valence-corrected chi connectivity index (χ0v) is 11.3. The molecule has 18 heavy (non-hydrogen) atoms. The van der Waals surface area contributed by atoms with Crippen molar-refractivity contribution in [3.8, 4) is 0 Å². The lowest BCUT2D eigenvalue weighted by atomic mass is 10.1. The summed E-state index contributed by atoms with van der Waals surface area (Å²) in [6, 6.07) is -0.865. The van der Waals surface area contributed by atoms with Crippen LogP contribution in [0, 0.1) is 0 Å². The molecule has 2 amide bonds. The lowest BCUT2D eigenvalue weighted by Crippen LogP contribution is -2.51. The standard InChI is InChI=1S/C12H22N2O4/c1-4-10(11(15)16)14(3)12(17)13(2)9-5-7-18-8-6-9/h9-10H,4-8H2,1-3H3,(H,15,16). The van der Waals surface area contributed by atoms with Gasteiger partial charge in [0.05, 0.1) is 0 Å².